The zero-order valence-corrected chi connectivity index (χ0v) is 16.0. The second kappa shape index (κ2) is 6.92. The van der Waals surface area contributed by atoms with Crippen LogP contribution in [0.25, 0.3) is 0 Å². The van der Waals surface area contributed by atoms with Crippen LogP contribution >= 0.6 is 0 Å². The molecule has 128 valence electrons. The second-order valence-corrected chi connectivity index (χ2v) is 11.4. The summed E-state index contributed by atoms with van der Waals surface area (Å²) in [5.74, 6) is 1.94. The molecule has 3 aliphatic rings. The van der Waals surface area contributed by atoms with Gasteiger partial charge in [0.1, 0.15) is 0 Å². The summed E-state index contributed by atoms with van der Waals surface area (Å²) in [5.41, 5.74) is 0.657. The summed E-state index contributed by atoms with van der Waals surface area (Å²) in [4.78, 5) is 0. The molecule has 5 atom stereocenters. The zero-order valence-electron chi connectivity index (χ0n) is 15.0. The predicted octanol–water partition coefficient (Wildman–Crippen LogP) is 4.45. The van der Waals surface area contributed by atoms with Gasteiger partial charge in [-0.3, -0.25) is 4.57 Å². The summed E-state index contributed by atoms with van der Waals surface area (Å²) in [6.07, 6.45) is 12.5. The molecule has 0 bridgehead atoms. The molecule has 1 aliphatic heterocycles. The smallest absolute Gasteiger partial charge is 0.386 e. The van der Waals surface area contributed by atoms with Gasteiger partial charge >= 0.3 is 8.72 Å². The fourth-order valence-electron chi connectivity index (χ4n) is 5.85. The first-order valence-corrected chi connectivity index (χ1v) is 11.3. The molecule has 3 nitrogen and oxygen atoms in total. The van der Waals surface area contributed by atoms with E-state index in [0.29, 0.717) is 17.6 Å². The second-order valence-electron chi connectivity index (χ2n) is 8.04. The number of hydrogen-bond acceptors (Lipinski definition) is 3. The Morgan fingerprint density at radius 1 is 0.773 bits per heavy atom. The average Bonchev–Trinajstić information content (AvgIpc) is 2.89. The Kier molecular flexibility index (Phi) is 5.33. The first-order chi connectivity index (χ1) is 10.6. The molecule has 3 fully saturated rings. The first kappa shape index (κ1) is 16.9. The fraction of sp³-hybridized carbons (Fsp3) is 1.00. The Morgan fingerprint density at radius 3 is 1.95 bits per heavy atom. The molecular weight excluding hydrogens is 290 g/mol. The van der Waals surface area contributed by atoms with Crippen LogP contribution in [0.15, 0.2) is 0 Å². The number of rotatable bonds is 4. The van der Waals surface area contributed by atoms with Gasteiger partial charge in [0.05, 0.1) is 0 Å². The summed E-state index contributed by atoms with van der Waals surface area (Å²) < 4.78 is 15.2. The van der Waals surface area contributed by atoms with E-state index < -0.39 is 8.72 Å². The minimum Gasteiger partial charge on any atom is -0.386 e. The highest BCUT2D eigenvalue weighted by Crippen LogP contribution is 2.50. The third-order valence-electron chi connectivity index (χ3n) is 6.95. The van der Waals surface area contributed by atoms with Crippen molar-refractivity contribution in [2.45, 2.75) is 89.3 Å². The molecule has 4 heteroatoms. The molecule has 0 radical (unpaired) electrons. The van der Waals surface area contributed by atoms with Gasteiger partial charge in [-0.15, -0.1) is 0 Å². The van der Waals surface area contributed by atoms with Gasteiger partial charge in [0.15, 0.2) is 0 Å². The Balaban J connectivity index is 1.81. The maximum atomic E-state index is 6.27. The van der Waals surface area contributed by atoms with Crippen molar-refractivity contribution in [1.29, 1.82) is 0 Å². The van der Waals surface area contributed by atoms with Crippen molar-refractivity contribution < 1.29 is 8.85 Å². The van der Waals surface area contributed by atoms with Crippen molar-refractivity contribution >= 4 is 8.72 Å². The van der Waals surface area contributed by atoms with Gasteiger partial charge < -0.3 is 8.85 Å². The molecule has 1 saturated heterocycles. The van der Waals surface area contributed by atoms with Crippen LogP contribution in [0.5, 0.6) is 0 Å². The molecule has 0 amide bonds. The highest BCUT2D eigenvalue weighted by atomic mass is 28.4. The van der Waals surface area contributed by atoms with E-state index in [0.717, 1.165) is 11.8 Å². The topological polar surface area (TPSA) is 21.7 Å². The molecule has 0 spiro atoms. The van der Waals surface area contributed by atoms with Crippen molar-refractivity contribution in [3.63, 3.8) is 0 Å². The van der Waals surface area contributed by atoms with Crippen LogP contribution in [0.3, 0.4) is 0 Å². The molecule has 5 unspecified atom stereocenters. The molecule has 3 rings (SSSR count). The van der Waals surface area contributed by atoms with Crippen LogP contribution in [-0.2, 0) is 8.85 Å². The van der Waals surface area contributed by atoms with Crippen LogP contribution in [-0.4, -0.2) is 39.6 Å². The van der Waals surface area contributed by atoms with E-state index in [4.69, 9.17) is 8.85 Å². The van der Waals surface area contributed by atoms with Crippen LogP contribution in [0.4, 0.5) is 0 Å². The van der Waals surface area contributed by atoms with Crippen LogP contribution < -0.4 is 0 Å². The average molecular weight is 326 g/mol. The maximum Gasteiger partial charge on any atom is 0.430 e. The predicted molar refractivity (Wildman–Crippen MR) is 92.8 cm³/mol. The zero-order chi connectivity index (χ0) is 15.7. The highest BCUT2D eigenvalue weighted by molar-refractivity contribution is 6.66. The lowest BCUT2D eigenvalue weighted by molar-refractivity contribution is 0.0960. The first-order valence-electron chi connectivity index (χ1n) is 9.51. The molecule has 0 aromatic carbocycles. The minimum absolute atomic E-state index is 0.616. The molecule has 2 saturated carbocycles. The summed E-state index contributed by atoms with van der Waals surface area (Å²) >= 11 is 0. The Bertz CT molecular complexity index is 364. The SMILES string of the molecule is CO[Si](OC)(C1CCC2CCCCC2C1)N1C(C)CCC1C. The maximum absolute atomic E-state index is 6.27. The molecular formula is C18H35NO2Si. The number of fused-ring (bicyclic) bond motifs is 1. The van der Waals surface area contributed by atoms with E-state index in [1.165, 1.54) is 57.8 Å². The van der Waals surface area contributed by atoms with Gasteiger partial charge in [-0.2, -0.15) is 0 Å². The lowest BCUT2D eigenvalue weighted by Crippen LogP contribution is -2.64. The van der Waals surface area contributed by atoms with E-state index in [-0.39, 0.29) is 0 Å². The summed E-state index contributed by atoms with van der Waals surface area (Å²) in [5, 5.41) is 0. The van der Waals surface area contributed by atoms with Gasteiger partial charge in [-0.1, -0.05) is 25.7 Å². The van der Waals surface area contributed by atoms with Crippen molar-refractivity contribution in [1.82, 2.24) is 4.57 Å². The van der Waals surface area contributed by atoms with Crippen molar-refractivity contribution in [2.24, 2.45) is 11.8 Å². The fourth-order valence-corrected chi connectivity index (χ4v) is 10.1. The largest absolute Gasteiger partial charge is 0.430 e. The number of nitrogens with zero attached hydrogens (tertiary/aromatic N) is 1. The molecule has 0 aromatic rings. The van der Waals surface area contributed by atoms with E-state index >= 15 is 0 Å². The summed E-state index contributed by atoms with van der Waals surface area (Å²) in [6, 6.07) is 1.23. The van der Waals surface area contributed by atoms with Crippen molar-refractivity contribution in [2.75, 3.05) is 14.2 Å². The molecule has 0 aromatic heterocycles. The van der Waals surface area contributed by atoms with Gasteiger partial charge in [0, 0.05) is 31.8 Å². The van der Waals surface area contributed by atoms with E-state index in [1.807, 2.05) is 14.2 Å². The third-order valence-corrected chi connectivity index (χ3v) is 11.3. The van der Waals surface area contributed by atoms with E-state index in [9.17, 15) is 0 Å². The molecule has 0 N–H and O–H groups in total. The quantitative estimate of drug-likeness (QED) is 0.713. The van der Waals surface area contributed by atoms with Gasteiger partial charge in [0.25, 0.3) is 0 Å². The molecule has 2 aliphatic carbocycles. The standard InChI is InChI=1S/C18H35NO2Si/c1-14-9-10-15(2)19(14)22(20-3,21-4)18-12-11-16-7-5-6-8-17(16)13-18/h14-18H,5-13H2,1-4H3. The monoisotopic (exact) mass is 325 g/mol. The van der Waals surface area contributed by atoms with Gasteiger partial charge in [-0.25, -0.2) is 0 Å². The van der Waals surface area contributed by atoms with Crippen molar-refractivity contribution in [3.05, 3.63) is 0 Å². The van der Waals surface area contributed by atoms with Crippen LogP contribution in [0.2, 0.25) is 5.54 Å². The minimum atomic E-state index is -2.28. The number of hydrogen-bond donors (Lipinski definition) is 0. The lowest BCUT2D eigenvalue weighted by atomic mass is 9.71. The van der Waals surface area contributed by atoms with Crippen LogP contribution in [0, 0.1) is 11.8 Å². The third kappa shape index (κ3) is 2.81. The lowest BCUT2D eigenvalue weighted by Gasteiger charge is -2.49. The van der Waals surface area contributed by atoms with E-state index in [2.05, 4.69) is 18.4 Å². The van der Waals surface area contributed by atoms with Crippen LogP contribution in [0.1, 0.15) is 71.6 Å². The van der Waals surface area contributed by atoms with Crippen molar-refractivity contribution in [3.8, 4) is 0 Å². The highest BCUT2D eigenvalue weighted by Gasteiger charge is 2.57. The van der Waals surface area contributed by atoms with Gasteiger partial charge in [-0.05, 0) is 57.8 Å². The Hall–Kier alpha value is 0.0969. The summed E-state index contributed by atoms with van der Waals surface area (Å²) in [7, 11) is 1.56. The normalized spacial score (nSPS) is 40.6. The Morgan fingerprint density at radius 2 is 1.36 bits per heavy atom. The van der Waals surface area contributed by atoms with E-state index in [1.54, 1.807) is 0 Å². The molecule has 1 heterocycles. The van der Waals surface area contributed by atoms with Gasteiger partial charge in [0.2, 0.25) is 0 Å². The molecule has 22 heavy (non-hydrogen) atoms. The Labute approximate surface area is 138 Å². The summed E-state index contributed by atoms with van der Waals surface area (Å²) in [6.45, 7) is 4.74.